The van der Waals surface area contributed by atoms with Gasteiger partial charge in [0.05, 0.1) is 12.2 Å². The third kappa shape index (κ3) is 8.47. The summed E-state index contributed by atoms with van der Waals surface area (Å²) in [6.45, 7) is -0.0287. The summed E-state index contributed by atoms with van der Waals surface area (Å²) in [4.78, 5) is 19.2. The molecule has 1 aliphatic heterocycles. The van der Waals surface area contributed by atoms with Gasteiger partial charge in [-0.1, -0.05) is 70.5 Å². The second kappa shape index (κ2) is 15.0. The lowest BCUT2D eigenvalue weighted by atomic mass is 9.84. The van der Waals surface area contributed by atoms with Gasteiger partial charge in [0, 0.05) is 36.0 Å². The van der Waals surface area contributed by atoms with Crippen LogP contribution >= 0.6 is 15.9 Å². The van der Waals surface area contributed by atoms with E-state index in [4.69, 9.17) is 19.6 Å². The predicted molar refractivity (Wildman–Crippen MR) is 174 cm³/mol. The van der Waals surface area contributed by atoms with Crippen LogP contribution < -0.4 is 10.1 Å². The number of amides is 1. The maximum atomic E-state index is 14.3. The van der Waals surface area contributed by atoms with E-state index in [1.165, 1.54) is 0 Å². The number of aliphatic hydroxyl groups is 1. The second-order valence-corrected chi connectivity index (χ2v) is 11.8. The van der Waals surface area contributed by atoms with Gasteiger partial charge in [-0.3, -0.25) is 4.79 Å². The lowest BCUT2D eigenvalue weighted by Crippen LogP contribution is -2.47. The molecule has 0 unspecified atom stereocenters. The van der Waals surface area contributed by atoms with Crippen molar-refractivity contribution in [2.45, 2.75) is 37.2 Å². The van der Waals surface area contributed by atoms with Crippen molar-refractivity contribution < 1.29 is 36.9 Å². The van der Waals surface area contributed by atoms with Gasteiger partial charge in [-0.15, -0.1) is 0 Å². The number of carbonyl (C=O) groups excluding carboxylic acids is 1. The number of alkyl halides is 3. The molecule has 0 radical (unpaired) electrons. The van der Waals surface area contributed by atoms with E-state index in [0.29, 0.717) is 36.0 Å². The molecule has 4 aromatic carbocycles. The maximum Gasteiger partial charge on any atom is 0.416 e. The second-order valence-electron chi connectivity index (χ2n) is 10.9. The normalized spacial score (nSPS) is 17.7. The number of hydrogen-bond acceptors (Lipinski definition) is 5. The van der Waals surface area contributed by atoms with Gasteiger partial charge in [-0.2, -0.15) is 13.2 Å². The van der Waals surface area contributed by atoms with Gasteiger partial charge in [0.1, 0.15) is 11.6 Å². The van der Waals surface area contributed by atoms with E-state index in [1.807, 2.05) is 48.5 Å². The molecule has 0 aromatic heterocycles. The molecule has 5 rings (SSSR count). The fourth-order valence-corrected chi connectivity index (χ4v) is 5.41. The van der Waals surface area contributed by atoms with E-state index in [0.717, 1.165) is 22.2 Å². The summed E-state index contributed by atoms with van der Waals surface area (Å²) < 4.78 is 67.2. The predicted octanol–water partition coefficient (Wildman–Crippen LogP) is 8.05. The van der Waals surface area contributed by atoms with Crippen molar-refractivity contribution in [2.24, 2.45) is 4.99 Å². The van der Waals surface area contributed by atoms with Crippen molar-refractivity contribution in [3.05, 3.63) is 141 Å². The first kappa shape index (κ1) is 33.9. The van der Waals surface area contributed by atoms with Crippen LogP contribution in [0.1, 0.15) is 46.8 Å². The SMILES string of the molecule is O=C(NCc1cc(F)cc(C(F)(F)F)c1)[C@]1(C/C=C/c2ccccc2)N=C(c2ccc(OCCCO)cc2)O[C@@H]1c1ccc(Br)cc1. The molecule has 1 heterocycles. The smallest absolute Gasteiger partial charge is 0.416 e. The zero-order valence-electron chi connectivity index (χ0n) is 25.0. The highest BCUT2D eigenvalue weighted by Crippen LogP contribution is 2.43. The summed E-state index contributed by atoms with van der Waals surface area (Å²) in [5, 5.41) is 11.7. The molecule has 0 fully saturated rings. The first-order chi connectivity index (χ1) is 22.6. The molecule has 0 spiro atoms. The Balaban J connectivity index is 1.53. The molecule has 2 N–H and O–H groups in total. The minimum Gasteiger partial charge on any atom is -0.494 e. The van der Waals surface area contributed by atoms with Gasteiger partial charge < -0.3 is 19.9 Å². The van der Waals surface area contributed by atoms with E-state index in [9.17, 15) is 22.4 Å². The molecule has 6 nitrogen and oxygen atoms in total. The van der Waals surface area contributed by atoms with Crippen molar-refractivity contribution in [3.8, 4) is 5.75 Å². The van der Waals surface area contributed by atoms with Crippen LogP contribution in [0.2, 0.25) is 0 Å². The van der Waals surface area contributed by atoms with Crippen LogP contribution in [0.25, 0.3) is 6.08 Å². The standard InChI is InChI=1S/C36H31BrF4N2O4/c37-29-13-9-26(10-14-29)32-35(17-4-8-24-6-2-1-3-7-24,34(45)42-23-25-20-28(36(39,40)41)22-30(38)21-25)43-33(47-32)27-11-15-31(16-12-27)46-19-5-18-44/h1-4,6-16,20-22,32,44H,5,17-19,23H2,(H,42,45)/b8-4+/t32-,35-/m1/s1. The third-order valence-corrected chi connectivity index (χ3v) is 8.01. The summed E-state index contributed by atoms with van der Waals surface area (Å²) >= 11 is 3.44. The molecule has 4 aromatic rings. The molecule has 1 aliphatic rings. The average Bonchev–Trinajstić information content (AvgIpc) is 3.45. The maximum absolute atomic E-state index is 14.3. The average molecular weight is 712 g/mol. The first-order valence-electron chi connectivity index (χ1n) is 14.8. The molecule has 2 atom stereocenters. The number of nitrogens with zero attached hydrogens (tertiary/aromatic N) is 1. The first-order valence-corrected chi connectivity index (χ1v) is 15.6. The molecule has 244 valence electrons. The number of aliphatic hydroxyl groups excluding tert-OH is 1. The summed E-state index contributed by atoms with van der Waals surface area (Å²) in [5.74, 6) is -0.910. The van der Waals surface area contributed by atoms with Crippen molar-refractivity contribution in [1.29, 1.82) is 0 Å². The molecular weight excluding hydrogens is 680 g/mol. The van der Waals surface area contributed by atoms with E-state index in [1.54, 1.807) is 42.5 Å². The number of benzene rings is 4. The Kier molecular flexibility index (Phi) is 10.8. The van der Waals surface area contributed by atoms with Gasteiger partial charge in [0.15, 0.2) is 11.6 Å². The van der Waals surface area contributed by atoms with E-state index >= 15 is 0 Å². The van der Waals surface area contributed by atoms with Crippen LogP contribution in [0, 0.1) is 5.82 Å². The number of carbonyl (C=O) groups is 1. The van der Waals surface area contributed by atoms with E-state index in [2.05, 4.69) is 21.2 Å². The quantitative estimate of drug-likeness (QED) is 0.115. The van der Waals surface area contributed by atoms with Gasteiger partial charge in [0.2, 0.25) is 5.90 Å². The number of hydrogen-bond donors (Lipinski definition) is 2. The third-order valence-electron chi connectivity index (χ3n) is 7.48. The summed E-state index contributed by atoms with van der Waals surface area (Å²) in [5.41, 5.74) is -0.690. The van der Waals surface area contributed by atoms with Crippen molar-refractivity contribution >= 4 is 33.8 Å². The zero-order chi connectivity index (χ0) is 33.4. The van der Waals surface area contributed by atoms with E-state index in [-0.39, 0.29) is 31.0 Å². The minimum absolute atomic E-state index is 0.00570. The minimum atomic E-state index is -4.76. The molecule has 11 heteroatoms. The highest BCUT2D eigenvalue weighted by Gasteiger charge is 2.52. The number of halogens is 5. The largest absolute Gasteiger partial charge is 0.494 e. The van der Waals surface area contributed by atoms with Crippen LogP contribution in [0.4, 0.5) is 17.6 Å². The Hall–Kier alpha value is -4.48. The fourth-order valence-electron chi connectivity index (χ4n) is 5.14. The number of aliphatic imine (C=N–C) groups is 1. The van der Waals surface area contributed by atoms with Crippen LogP contribution in [-0.2, 0) is 22.3 Å². The highest BCUT2D eigenvalue weighted by atomic mass is 79.9. The molecule has 1 amide bonds. The van der Waals surface area contributed by atoms with E-state index < -0.39 is 35.1 Å². The van der Waals surface area contributed by atoms with Crippen molar-refractivity contribution in [1.82, 2.24) is 5.32 Å². The summed E-state index contributed by atoms with van der Waals surface area (Å²) in [7, 11) is 0. The zero-order valence-corrected chi connectivity index (χ0v) is 26.6. The Morgan fingerprint density at radius 2 is 1.74 bits per heavy atom. The lowest BCUT2D eigenvalue weighted by Gasteiger charge is -2.30. The number of nitrogens with one attached hydrogen (secondary N) is 1. The van der Waals surface area contributed by atoms with Crippen molar-refractivity contribution in [3.63, 3.8) is 0 Å². The Bertz CT molecular complexity index is 1730. The molecule has 0 saturated carbocycles. The van der Waals surface area contributed by atoms with Gasteiger partial charge >= 0.3 is 6.18 Å². The fraction of sp³-hybridized carbons (Fsp3) is 0.222. The summed E-state index contributed by atoms with van der Waals surface area (Å²) in [6.07, 6.45) is -1.48. The lowest BCUT2D eigenvalue weighted by molar-refractivity contribution is -0.137. The van der Waals surface area contributed by atoms with Crippen LogP contribution in [0.5, 0.6) is 5.75 Å². The Labute approximate surface area is 277 Å². The van der Waals surface area contributed by atoms with Crippen LogP contribution in [0.15, 0.2) is 113 Å². The molecule has 0 bridgehead atoms. The number of ether oxygens (including phenoxy) is 2. The molecular formula is C36H31BrF4N2O4. The van der Waals surface area contributed by atoms with Gasteiger partial charge in [0.25, 0.3) is 5.91 Å². The Morgan fingerprint density at radius 3 is 2.43 bits per heavy atom. The van der Waals surface area contributed by atoms with Crippen LogP contribution in [-0.4, -0.2) is 35.7 Å². The van der Waals surface area contributed by atoms with Gasteiger partial charge in [-0.25, -0.2) is 9.38 Å². The topological polar surface area (TPSA) is 80.2 Å². The van der Waals surface area contributed by atoms with Gasteiger partial charge in [-0.05, 0) is 71.3 Å². The molecule has 0 saturated heterocycles. The Morgan fingerprint density at radius 1 is 1.02 bits per heavy atom. The van der Waals surface area contributed by atoms with Crippen LogP contribution in [0.3, 0.4) is 0 Å². The summed E-state index contributed by atoms with van der Waals surface area (Å²) in [6, 6.07) is 25.8. The molecule has 47 heavy (non-hydrogen) atoms. The highest BCUT2D eigenvalue weighted by molar-refractivity contribution is 9.10. The molecule has 0 aliphatic carbocycles. The monoisotopic (exact) mass is 710 g/mol. The van der Waals surface area contributed by atoms with Crippen molar-refractivity contribution in [2.75, 3.05) is 13.2 Å². The number of rotatable bonds is 12.